The number of amides is 1. The van der Waals surface area contributed by atoms with Gasteiger partial charge in [-0.1, -0.05) is 12.1 Å². The van der Waals surface area contributed by atoms with E-state index in [1.54, 1.807) is 15.5 Å². The molecule has 2 aliphatic rings. The third-order valence-corrected chi connectivity index (χ3v) is 7.82. The zero-order valence-electron chi connectivity index (χ0n) is 23.5. The van der Waals surface area contributed by atoms with E-state index in [1.807, 2.05) is 24.3 Å². The van der Waals surface area contributed by atoms with Crippen molar-refractivity contribution in [1.29, 1.82) is 0 Å². The lowest BCUT2D eigenvalue weighted by molar-refractivity contribution is -0.119. The van der Waals surface area contributed by atoms with Gasteiger partial charge in [0.2, 0.25) is 6.41 Å². The van der Waals surface area contributed by atoms with Crippen molar-refractivity contribution < 1.29 is 27.8 Å². The largest absolute Gasteiger partial charge is 0.492 e. The molecule has 0 spiro atoms. The van der Waals surface area contributed by atoms with Crippen LogP contribution >= 0.6 is 0 Å². The van der Waals surface area contributed by atoms with Crippen molar-refractivity contribution in [2.45, 2.75) is 31.5 Å². The number of benzene rings is 2. The van der Waals surface area contributed by atoms with Crippen LogP contribution in [-0.4, -0.2) is 97.3 Å². The van der Waals surface area contributed by atoms with Gasteiger partial charge in [-0.2, -0.15) is 0 Å². The Morgan fingerprint density at radius 1 is 0.976 bits per heavy atom. The first-order valence-corrected chi connectivity index (χ1v) is 14.3. The average molecular weight is 587 g/mol. The number of aromatic nitrogens is 2. The molecule has 2 fully saturated rings. The Balaban J connectivity index is 1.46. The van der Waals surface area contributed by atoms with Gasteiger partial charge in [0.1, 0.15) is 31.5 Å². The van der Waals surface area contributed by atoms with Crippen LogP contribution in [0.25, 0.3) is 10.9 Å². The molecular formula is C30H36F2N4O6. The monoisotopic (exact) mass is 586 g/mol. The molecule has 2 saturated heterocycles. The highest BCUT2D eigenvalue weighted by Gasteiger charge is 2.25. The molecule has 1 aromatic heterocycles. The molecule has 42 heavy (non-hydrogen) atoms. The van der Waals surface area contributed by atoms with E-state index in [9.17, 15) is 23.2 Å². The molecule has 0 atom stereocenters. The van der Waals surface area contributed by atoms with Gasteiger partial charge in [0.15, 0.2) is 6.10 Å². The molecule has 0 unspecified atom stereocenters. The van der Waals surface area contributed by atoms with E-state index in [0.29, 0.717) is 62.6 Å². The smallest absolute Gasteiger partial charge is 0.332 e. The van der Waals surface area contributed by atoms with Gasteiger partial charge in [-0.05, 0) is 48.7 Å². The molecule has 3 heterocycles. The lowest BCUT2D eigenvalue weighted by Gasteiger charge is -2.31. The van der Waals surface area contributed by atoms with E-state index in [2.05, 4.69) is 4.90 Å². The Kier molecular flexibility index (Phi) is 9.85. The minimum atomic E-state index is -1.28. The number of ether oxygens (including phenoxy) is 3. The van der Waals surface area contributed by atoms with E-state index in [4.69, 9.17) is 14.2 Å². The van der Waals surface area contributed by atoms with Crippen molar-refractivity contribution in [3.63, 3.8) is 0 Å². The second kappa shape index (κ2) is 13.9. The van der Waals surface area contributed by atoms with Crippen LogP contribution in [0.15, 0.2) is 52.1 Å². The minimum Gasteiger partial charge on any atom is -0.492 e. The lowest BCUT2D eigenvalue weighted by atomic mass is 10.0. The Bertz CT molecular complexity index is 1480. The number of piperidine rings is 1. The number of alkyl halides is 2. The third-order valence-electron chi connectivity index (χ3n) is 7.82. The molecule has 0 saturated carbocycles. The van der Waals surface area contributed by atoms with Gasteiger partial charge in [-0.25, -0.2) is 13.6 Å². The summed E-state index contributed by atoms with van der Waals surface area (Å²) < 4.78 is 45.8. The average Bonchev–Trinajstić information content (AvgIpc) is 3.03. The highest BCUT2D eigenvalue weighted by atomic mass is 19.1. The molecule has 3 aromatic rings. The first-order valence-electron chi connectivity index (χ1n) is 14.3. The number of carbonyl (C=O) groups is 1. The van der Waals surface area contributed by atoms with E-state index in [1.165, 1.54) is 16.7 Å². The molecule has 2 aliphatic heterocycles. The number of hydrogen-bond donors (Lipinski definition) is 0. The first kappa shape index (κ1) is 29.7. The number of hydrogen-bond acceptors (Lipinski definition) is 7. The van der Waals surface area contributed by atoms with Crippen molar-refractivity contribution in [3.05, 3.63) is 68.9 Å². The number of nitrogens with zero attached hydrogens (tertiary/aromatic N) is 4. The van der Waals surface area contributed by atoms with E-state index >= 15 is 0 Å². The molecule has 226 valence electrons. The normalized spacial score (nSPS) is 16.7. The van der Waals surface area contributed by atoms with Crippen LogP contribution in [0.4, 0.5) is 8.78 Å². The summed E-state index contributed by atoms with van der Waals surface area (Å²) in [7, 11) is 0. The van der Waals surface area contributed by atoms with Crippen molar-refractivity contribution in [3.8, 4) is 11.5 Å². The van der Waals surface area contributed by atoms with Gasteiger partial charge in [-0.3, -0.25) is 23.6 Å². The number of fused-ring (bicyclic) bond motifs is 1. The summed E-state index contributed by atoms with van der Waals surface area (Å²) in [4.78, 5) is 42.8. The zero-order chi connectivity index (χ0) is 29.5. The maximum atomic E-state index is 13.9. The molecule has 0 bridgehead atoms. The van der Waals surface area contributed by atoms with Crippen LogP contribution in [-0.2, 0) is 16.1 Å². The van der Waals surface area contributed by atoms with Crippen LogP contribution in [0.5, 0.6) is 11.5 Å². The second-order valence-corrected chi connectivity index (χ2v) is 10.6. The van der Waals surface area contributed by atoms with Crippen molar-refractivity contribution in [1.82, 2.24) is 18.9 Å². The fraction of sp³-hybridized carbons (Fsp3) is 0.500. The van der Waals surface area contributed by atoms with Crippen molar-refractivity contribution in [2.24, 2.45) is 0 Å². The summed E-state index contributed by atoms with van der Waals surface area (Å²) in [6.07, 6.45) is 0.601. The van der Waals surface area contributed by atoms with E-state index in [0.717, 1.165) is 26.0 Å². The van der Waals surface area contributed by atoms with E-state index in [-0.39, 0.29) is 23.7 Å². The number of halogens is 2. The summed E-state index contributed by atoms with van der Waals surface area (Å²) >= 11 is 0. The fourth-order valence-corrected chi connectivity index (χ4v) is 5.51. The minimum absolute atomic E-state index is 0.00409. The maximum Gasteiger partial charge on any atom is 0.332 e. The van der Waals surface area contributed by atoms with Gasteiger partial charge in [0.25, 0.3) is 5.56 Å². The standard InChI is InChI=1S/C30H36F2N4O6/c31-18-26(19-32)42-25-4-5-28-27(17-25)29(38)35(30(39)36(28)23-6-8-34(21-37)9-7-23)20-22-2-1-3-24(16-22)41-15-12-33-10-13-40-14-11-33/h1-5,16-17,21,23,26H,6-15,18-20H2. The Morgan fingerprint density at radius 2 is 1.74 bits per heavy atom. The first-order chi connectivity index (χ1) is 20.5. The van der Waals surface area contributed by atoms with Crippen LogP contribution in [0.3, 0.4) is 0 Å². The van der Waals surface area contributed by atoms with Crippen LogP contribution in [0.1, 0.15) is 24.4 Å². The number of carbonyl (C=O) groups excluding carboxylic acids is 1. The number of morpholine rings is 1. The summed E-state index contributed by atoms with van der Waals surface area (Å²) in [6.45, 7) is 3.36. The third kappa shape index (κ3) is 6.81. The molecule has 1 amide bonds. The predicted molar refractivity (Wildman–Crippen MR) is 153 cm³/mol. The quantitative estimate of drug-likeness (QED) is 0.301. The SMILES string of the molecule is O=CN1CCC(n2c(=O)n(Cc3cccc(OCCN4CCOCC4)c3)c(=O)c3cc(OC(CF)CF)ccc32)CC1. The molecule has 10 nitrogen and oxygen atoms in total. The molecule has 12 heteroatoms. The molecule has 5 rings (SSSR count). The van der Waals surface area contributed by atoms with Gasteiger partial charge in [0.05, 0.1) is 30.7 Å². The van der Waals surface area contributed by atoms with Gasteiger partial charge < -0.3 is 19.1 Å². The second-order valence-electron chi connectivity index (χ2n) is 10.6. The molecule has 0 aliphatic carbocycles. The predicted octanol–water partition coefficient (Wildman–Crippen LogP) is 2.40. The lowest BCUT2D eigenvalue weighted by Crippen LogP contribution is -2.44. The summed E-state index contributed by atoms with van der Waals surface area (Å²) in [5.74, 6) is 0.776. The number of likely N-dealkylation sites (tertiary alicyclic amines) is 1. The van der Waals surface area contributed by atoms with Gasteiger partial charge in [0, 0.05) is 38.8 Å². The summed E-state index contributed by atoms with van der Waals surface area (Å²) in [6, 6.07) is 11.6. The van der Waals surface area contributed by atoms with Gasteiger partial charge >= 0.3 is 5.69 Å². The Morgan fingerprint density at radius 3 is 2.45 bits per heavy atom. The maximum absolute atomic E-state index is 13.9. The van der Waals surface area contributed by atoms with Crippen molar-refractivity contribution >= 4 is 17.3 Å². The highest BCUT2D eigenvalue weighted by molar-refractivity contribution is 5.80. The molecule has 0 N–H and O–H groups in total. The summed E-state index contributed by atoms with van der Waals surface area (Å²) in [5, 5.41) is 0.208. The molecular weight excluding hydrogens is 550 g/mol. The Labute approximate surface area is 242 Å². The van der Waals surface area contributed by atoms with E-state index < -0.39 is 30.7 Å². The molecule has 2 aromatic carbocycles. The summed E-state index contributed by atoms with van der Waals surface area (Å²) in [5.41, 5.74) is 0.130. The van der Waals surface area contributed by atoms with Crippen LogP contribution < -0.4 is 20.7 Å². The highest BCUT2D eigenvalue weighted by Crippen LogP contribution is 2.26. The Hall–Kier alpha value is -3.77. The fourth-order valence-electron chi connectivity index (χ4n) is 5.51. The molecule has 0 radical (unpaired) electrons. The van der Waals surface area contributed by atoms with Crippen LogP contribution in [0, 0.1) is 0 Å². The zero-order valence-corrected chi connectivity index (χ0v) is 23.5. The van der Waals surface area contributed by atoms with Gasteiger partial charge in [-0.15, -0.1) is 0 Å². The van der Waals surface area contributed by atoms with Crippen molar-refractivity contribution in [2.75, 3.05) is 65.9 Å². The van der Waals surface area contributed by atoms with Crippen LogP contribution in [0.2, 0.25) is 0 Å². The topological polar surface area (TPSA) is 95.2 Å². The number of rotatable bonds is 12.